The third-order valence-electron chi connectivity index (χ3n) is 2.44. The zero-order valence-corrected chi connectivity index (χ0v) is 10.3. The van der Waals surface area contributed by atoms with Crippen LogP contribution in [-0.4, -0.2) is 19.2 Å². The van der Waals surface area contributed by atoms with Crippen LogP contribution in [0.3, 0.4) is 0 Å². The second-order valence-corrected chi connectivity index (χ2v) is 3.80. The maximum absolute atomic E-state index is 11.1. The summed E-state index contributed by atoms with van der Waals surface area (Å²) in [4.78, 5) is 11.1. The van der Waals surface area contributed by atoms with E-state index < -0.39 is 0 Å². The lowest BCUT2D eigenvalue weighted by Gasteiger charge is -2.11. The van der Waals surface area contributed by atoms with Crippen molar-refractivity contribution in [1.29, 1.82) is 0 Å². The molecule has 3 nitrogen and oxygen atoms in total. The van der Waals surface area contributed by atoms with Crippen LogP contribution in [0, 0.1) is 20.8 Å². The van der Waals surface area contributed by atoms with Gasteiger partial charge in [-0.25, -0.2) is 4.79 Å². The minimum Gasteiger partial charge on any atom is -0.482 e. The molecule has 0 saturated carbocycles. The quantitative estimate of drug-likeness (QED) is 0.734. The fraction of sp³-hybridized carbons (Fsp3) is 0.462. The van der Waals surface area contributed by atoms with Crippen LogP contribution in [0.1, 0.15) is 23.6 Å². The molecule has 3 heteroatoms. The molecule has 0 aliphatic rings. The first-order valence-corrected chi connectivity index (χ1v) is 5.41. The summed E-state index contributed by atoms with van der Waals surface area (Å²) >= 11 is 0. The Bertz CT molecular complexity index is 383. The molecule has 0 aromatic heterocycles. The number of esters is 1. The number of aryl methyl sites for hydroxylation is 3. The molecular formula is C13H18O3. The Hall–Kier alpha value is -1.51. The van der Waals surface area contributed by atoms with Crippen molar-refractivity contribution in [3.05, 3.63) is 28.8 Å². The summed E-state index contributed by atoms with van der Waals surface area (Å²) in [5.74, 6) is 0.413. The lowest BCUT2D eigenvalue weighted by molar-refractivity contribution is -0.145. The van der Waals surface area contributed by atoms with Crippen molar-refractivity contribution < 1.29 is 14.3 Å². The van der Waals surface area contributed by atoms with Gasteiger partial charge < -0.3 is 9.47 Å². The first-order chi connectivity index (χ1) is 7.54. The van der Waals surface area contributed by atoms with Gasteiger partial charge in [0.25, 0.3) is 0 Å². The maximum atomic E-state index is 11.1. The summed E-state index contributed by atoms with van der Waals surface area (Å²) in [6.45, 7) is 8.17. The Labute approximate surface area is 96.4 Å². The minimum atomic E-state index is -0.333. The van der Waals surface area contributed by atoms with Crippen molar-refractivity contribution >= 4 is 5.97 Å². The fourth-order valence-electron chi connectivity index (χ4n) is 1.43. The highest BCUT2D eigenvalue weighted by Crippen LogP contribution is 2.22. The third kappa shape index (κ3) is 3.26. The normalized spacial score (nSPS) is 10.0. The van der Waals surface area contributed by atoms with E-state index >= 15 is 0 Å². The molecule has 0 N–H and O–H groups in total. The Morgan fingerprint density at radius 3 is 2.38 bits per heavy atom. The number of hydrogen-bond donors (Lipinski definition) is 0. The highest BCUT2D eigenvalue weighted by atomic mass is 16.6. The van der Waals surface area contributed by atoms with Crippen molar-refractivity contribution in [2.75, 3.05) is 13.2 Å². The molecule has 88 valence electrons. The van der Waals surface area contributed by atoms with Crippen molar-refractivity contribution in [2.24, 2.45) is 0 Å². The van der Waals surface area contributed by atoms with Crippen molar-refractivity contribution in [1.82, 2.24) is 0 Å². The van der Waals surface area contributed by atoms with Gasteiger partial charge in [-0.05, 0) is 50.5 Å². The average Bonchev–Trinajstić information content (AvgIpc) is 2.22. The predicted molar refractivity (Wildman–Crippen MR) is 62.8 cm³/mol. The summed E-state index contributed by atoms with van der Waals surface area (Å²) in [5, 5.41) is 0. The minimum absolute atomic E-state index is 0.0306. The highest BCUT2D eigenvalue weighted by Gasteiger charge is 2.06. The van der Waals surface area contributed by atoms with Crippen LogP contribution in [0.25, 0.3) is 0 Å². The van der Waals surface area contributed by atoms with E-state index in [-0.39, 0.29) is 12.6 Å². The van der Waals surface area contributed by atoms with E-state index in [2.05, 4.69) is 13.0 Å². The van der Waals surface area contributed by atoms with Gasteiger partial charge in [0, 0.05) is 0 Å². The largest absolute Gasteiger partial charge is 0.482 e. The molecule has 0 heterocycles. The molecule has 0 bridgehead atoms. The van der Waals surface area contributed by atoms with Crippen molar-refractivity contribution in [2.45, 2.75) is 27.7 Å². The molecular weight excluding hydrogens is 204 g/mol. The Morgan fingerprint density at radius 1 is 1.12 bits per heavy atom. The summed E-state index contributed by atoms with van der Waals surface area (Å²) in [6.07, 6.45) is 0. The zero-order valence-electron chi connectivity index (χ0n) is 10.3. The highest BCUT2D eigenvalue weighted by molar-refractivity contribution is 5.71. The third-order valence-corrected chi connectivity index (χ3v) is 2.44. The molecule has 0 radical (unpaired) electrons. The molecule has 1 aromatic carbocycles. The lowest BCUT2D eigenvalue weighted by atomic mass is 10.1. The fourth-order valence-corrected chi connectivity index (χ4v) is 1.43. The van der Waals surface area contributed by atoms with Gasteiger partial charge in [-0.3, -0.25) is 0 Å². The molecule has 0 amide bonds. The van der Waals surface area contributed by atoms with Gasteiger partial charge in [-0.15, -0.1) is 0 Å². The lowest BCUT2D eigenvalue weighted by Crippen LogP contribution is -2.15. The van der Waals surface area contributed by atoms with E-state index in [0.717, 1.165) is 16.9 Å². The standard InChI is InChI=1S/C13H18O3/c1-5-15-13(14)8-16-12-7-10(3)9(2)6-11(12)4/h6-7H,5,8H2,1-4H3. The molecule has 0 atom stereocenters. The second-order valence-electron chi connectivity index (χ2n) is 3.80. The molecule has 1 aromatic rings. The van der Waals surface area contributed by atoms with E-state index in [1.54, 1.807) is 6.92 Å². The van der Waals surface area contributed by atoms with E-state index in [1.807, 2.05) is 19.9 Å². The van der Waals surface area contributed by atoms with Gasteiger partial charge in [0.15, 0.2) is 6.61 Å². The van der Waals surface area contributed by atoms with Gasteiger partial charge in [0.1, 0.15) is 5.75 Å². The van der Waals surface area contributed by atoms with Crippen LogP contribution in [0.4, 0.5) is 0 Å². The SMILES string of the molecule is CCOC(=O)COc1cc(C)c(C)cc1C. The Morgan fingerprint density at radius 2 is 1.75 bits per heavy atom. The molecule has 0 aliphatic carbocycles. The van der Waals surface area contributed by atoms with Crippen molar-refractivity contribution in [3.8, 4) is 5.75 Å². The second kappa shape index (κ2) is 5.54. The van der Waals surface area contributed by atoms with E-state index in [9.17, 15) is 4.79 Å². The number of rotatable bonds is 4. The van der Waals surface area contributed by atoms with Crippen LogP contribution in [0.5, 0.6) is 5.75 Å². The number of carbonyl (C=O) groups is 1. The number of hydrogen-bond acceptors (Lipinski definition) is 3. The summed E-state index contributed by atoms with van der Waals surface area (Å²) in [7, 11) is 0. The number of benzene rings is 1. The first kappa shape index (κ1) is 12.6. The van der Waals surface area contributed by atoms with Crippen LogP contribution in [-0.2, 0) is 9.53 Å². The van der Waals surface area contributed by atoms with E-state index in [4.69, 9.17) is 9.47 Å². The van der Waals surface area contributed by atoms with Gasteiger partial charge >= 0.3 is 5.97 Å². The smallest absolute Gasteiger partial charge is 0.344 e. The monoisotopic (exact) mass is 222 g/mol. The number of carbonyl (C=O) groups excluding carboxylic acids is 1. The Balaban J connectivity index is 2.67. The molecule has 0 fully saturated rings. The topological polar surface area (TPSA) is 35.5 Å². The molecule has 1 rings (SSSR count). The van der Waals surface area contributed by atoms with Gasteiger partial charge in [0.05, 0.1) is 6.61 Å². The van der Waals surface area contributed by atoms with Crippen LogP contribution >= 0.6 is 0 Å². The van der Waals surface area contributed by atoms with Crippen LogP contribution < -0.4 is 4.74 Å². The molecule has 0 spiro atoms. The van der Waals surface area contributed by atoms with Crippen LogP contribution in [0.2, 0.25) is 0 Å². The molecule has 0 saturated heterocycles. The maximum Gasteiger partial charge on any atom is 0.344 e. The van der Waals surface area contributed by atoms with Crippen molar-refractivity contribution in [3.63, 3.8) is 0 Å². The molecule has 0 aliphatic heterocycles. The van der Waals surface area contributed by atoms with E-state index in [0.29, 0.717) is 6.61 Å². The summed E-state index contributed by atoms with van der Waals surface area (Å²) < 4.78 is 10.2. The molecule has 0 unspecified atom stereocenters. The molecule has 16 heavy (non-hydrogen) atoms. The number of ether oxygens (including phenoxy) is 2. The van der Waals surface area contributed by atoms with Crippen LogP contribution in [0.15, 0.2) is 12.1 Å². The average molecular weight is 222 g/mol. The summed E-state index contributed by atoms with van der Waals surface area (Å²) in [5.41, 5.74) is 3.41. The Kier molecular flexibility index (Phi) is 4.35. The predicted octanol–water partition coefficient (Wildman–Crippen LogP) is 2.55. The van der Waals surface area contributed by atoms with Gasteiger partial charge in [-0.2, -0.15) is 0 Å². The van der Waals surface area contributed by atoms with E-state index in [1.165, 1.54) is 5.56 Å². The summed E-state index contributed by atoms with van der Waals surface area (Å²) in [6, 6.07) is 4.00. The zero-order chi connectivity index (χ0) is 12.1. The van der Waals surface area contributed by atoms with Gasteiger partial charge in [0.2, 0.25) is 0 Å². The van der Waals surface area contributed by atoms with Gasteiger partial charge in [-0.1, -0.05) is 6.07 Å². The first-order valence-electron chi connectivity index (χ1n) is 5.41.